The molecule has 2 aromatic heterocycles. The molecule has 0 aliphatic rings. The molecule has 0 aromatic carbocycles. The van der Waals surface area contributed by atoms with E-state index in [1.54, 1.807) is 18.5 Å². The van der Waals surface area contributed by atoms with Crippen molar-refractivity contribution in [1.29, 1.82) is 0 Å². The number of hydrogen-bond acceptors (Lipinski definition) is 4. The first-order chi connectivity index (χ1) is 10.8. The first-order valence-electron chi connectivity index (χ1n) is 6.59. The van der Waals surface area contributed by atoms with Gasteiger partial charge in [-0.05, 0) is 12.5 Å². The first kappa shape index (κ1) is 17.8. The number of alkyl halides is 3. The smallest absolute Gasteiger partial charge is 0.361 e. The minimum atomic E-state index is -4.16. The monoisotopic (exact) mass is 368 g/mol. The fourth-order valence-electron chi connectivity index (χ4n) is 1.71. The van der Waals surface area contributed by atoms with Crippen molar-refractivity contribution in [3.8, 4) is 5.69 Å². The van der Waals surface area contributed by atoms with Crippen LogP contribution >= 0.6 is 23.2 Å². The van der Waals surface area contributed by atoms with E-state index in [0.29, 0.717) is 16.4 Å². The lowest BCUT2D eigenvalue weighted by Crippen LogP contribution is -2.11. The molecule has 5 nitrogen and oxygen atoms in total. The number of nitrogens with one attached hydrogen (secondary N) is 1. The van der Waals surface area contributed by atoms with Crippen molar-refractivity contribution in [3.63, 3.8) is 0 Å². The molecule has 0 radical (unpaired) electrons. The summed E-state index contributed by atoms with van der Waals surface area (Å²) in [6, 6.07) is 1.66. The van der Waals surface area contributed by atoms with Crippen molar-refractivity contribution in [3.05, 3.63) is 34.8 Å². The fourth-order valence-corrected chi connectivity index (χ4v) is 2.07. The van der Waals surface area contributed by atoms with Crippen molar-refractivity contribution >= 4 is 28.9 Å². The lowest BCUT2D eigenvalue weighted by molar-refractivity contribution is -0.137. The molecule has 23 heavy (non-hydrogen) atoms. The number of nitrogens with zero attached hydrogens (tertiary/aromatic N) is 3. The number of ether oxygens (including phenoxy) is 1. The van der Waals surface area contributed by atoms with Gasteiger partial charge >= 0.3 is 6.18 Å². The molecule has 0 unspecified atom stereocenters. The van der Waals surface area contributed by atoms with Gasteiger partial charge in [-0.1, -0.05) is 23.2 Å². The zero-order valence-corrected chi connectivity index (χ0v) is 13.3. The average Bonchev–Trinajstić information content (AvgIpc) is 2.83. The maximum absolute atomic E-state index is 12.0. The Bertz CT molecular complexity index is 648. The summed E-state index contributed by atoms with van der Waals surface area (Å²) in [5, 5.41) is 7.58. The molecule has 0 atom stereocenters. The second kappa shape index (κ2) is 7.85. The van der Waals surface area contributed by atoms with E-state index in [2.05, 4.69) is 15.4 Å². The lowest BCUT2D eigenvalue weighted by atomic mass is 10.3. The average molecular weight is 369 g/mol. The number of aromatic nitrogens is 3. The molecule has 2 heterocycles. The van der Waals surface area contributed by atoms with Crippen LogP contribution in [-0.2, 0) is 4.74 Å². The minimum absolute atomic E-state index is 0.00349. The lowest BCUT2D eigenvalue weighted by Gasteiger charge is -2.07. The second-order valence-electron chi connectivity index (χ2n) is 4.59. The molecule has 1 N–H and O–H groups in total. The highest BCUT2D eigenvalue weighted by molar-refractivity contribution is 6.32. The molecule has 0 amide bonds. The number of rotatable bonds is 7. The van der Waals surface area contributed by atoms with E-state index in [1.807, 2.05) is 0 Å². The van der Waals surface area contributed by atoms with Crippen LogP contribution in [0, 0.1) is 0 Å². The zero-order chi connectivity index (χ0) is 16.9. The summed E-state index contributed by atoms with van der Waals surface area (Å²) < 4.78 is 42.4. The Morgan fingerprint density at radius 1 is 1.26 bits per heavy atom. The molecule has 10 heteroatoms. The Labute approximate surface area is 140 Å². The van der Waals surface area contributed by atoms with Gasteiger partial charge in [-0.3, -0.25) is 4.98 Å². The topological polar surface area (TPSA) is 52.0 Å². The molecule has 2 rings (SSSR count). The van der Waals surface area contributed by atoms with Crippen molar-refractivity contribution in [2.24, 2.45) is 0 Å². The third-order valence-corrected chi connectivity index (χ3v) is 3.22. The maximum Gasteiger partial charge on any atom is 0.389 e. The highest BCUT2D eigenvalue weighted by Gasteiger charge is 2.25. The van der Waals surface area contributed by atoms with Crippen LogP contribution in [0.1, 0.15) is 12.8 Å². The van der Waals surface area contributed by atoms with Crippen molar-refractivity contribution in [2.75, 3.05) is 18.7 Å². The molecular formula is C13H13Cl2F3N4O. The van der Waals surface area contributed by atoms with E-state index in [9.17, 15) is 13.2 Å². The molecule has 0 aliphatic heterocycles. The van der Waals surface area contributed by atoms with Gasteiger partial charge in [0.2, 0.25) is 0 Å². The molecule has 0 fully saturated rings. The van der Waals surface area contributed by atoms with Crippen LogP contribution in [-0.4, -0.2) is 34.3 Å². The van der Waals surface area contributed by atoms with Gasteiger partial charge in [0.25, 0.3) is 0 Å². The third-order valence-electron chi connectivity index (χ3n) is 2.74. The van der Waals surface area contributed by atoms with Crippen LogP contribution in [0.4, 0.5) is 18.9 Å². The zero-order valence-electron chi connectivity index (χ0n) is 11.8. The van der Waals surface area contributed by atoms with Crippen molar-refractivity contribution < 1.29 is 17.9 Å². The molecule has 0 spiro atoms. The SMILES string of the molecule is FC(F)(F)CCCOCNc1cn(-c2cncc(Cl)c2)nc1Cl. The standard InChI is InChI=1S/C13H13Cl2F3N4O/c14-9-4-10(6-19-5-9)22-7-11(12(15)21-22)20-8-23-3-1-2-13(16,17)18/h4-7,20H,1-3,8H2. The van der Waals surface area contributed by atoms with Crippen LogP contribution < -0.4 is 5.32 Å². The van der Waals surface area contributed by atoms with Crippen LogP contribution in [0.5, 0.6) is 0 Å². The van der Waals surface area contributed by atoms with Crippen molar-refractivity contribution in [1.82, 2.24) is 14.8 Å². The molecule has 2 aromatic rings. The van der Waals surface area contributed by atoms with E-state index < -0.39 is 12.6 Å². The summed E-state index contributed by atoms with van der Waals surface area (Å²) >= 11 is 11.8. The van der Waals surface area contributed by atoms with Gasteiger partial charge in [-0.2, -0.15) is 18.3 Å². The first-order valence-corrected chi connectivity index (χ1v) is 7.35. The van der Waals surface area contributed by atoms with Crippen LogP contribution in [0.3, 0.4) is 0 Å². The molecule has 0 aliphatic carbocycles. The Kier molecular flexibility index (Phi) is 6.09. The van der Waals surface area contributed by atoms with Gasteiger partial charge in [-0.25, -0.2) is 4.68 Å². The highest BCUT2D eigenvalue weighted by Crippen LogP contribution is 2.23. The van der Waals surface area contributed by atoms with Crippen LogP contribution in [0.15, 0.2) is 24.7 Å². The highest BCUT2D eigenvalue weighted by atomic mass is 35.5. The molecular weight excluding hydrogens is 356 g/mol. The maximum atomic E-state index is 12.0. The number of hydrogen-bond donors (Lipinski definition) is 1. The van der Waals surface area contributed by atoms with E-state index >= 15 is 0 Å². The van der Waals surface area contributed by atoms with E-state index in [-0.39, 0.29) is 24.9 Å². The molecule has 0 bridgehead atoms. The van der Waals surface area contributed by atoms with E-state index in [1.165, 1.54) is 10.9 Å². The Hall–Kier alpha value is -1.51. The van der Waals surface area contributed by atoms with Crippen molar-refractivity contribution in [2.45, 2.75) is 19.0 Å². The van der Waals surface area contributed by atoms with Gasteiger partial charge in [0.15, 0.2) is 5.15 Å². The quantitative estimate of drug-likeness (QED) is 0.584. The predicted molar refractivity (Wildman–Crippen MR) is 81.1 cm³/mol. The van der Waals surface area contributed by atoms with Gasteiger partial charge in [-0.15, -0.1) is 0 Å². The minimum Gasteiger partial charge on any atom is -0.361 e. The largest absolute Gasteiger partial charge is 0.389 e. The van der Waals surface area contributed by atoms with Gasteiger partial charge in [0.05, 0.1) is 28.8 Å². The normalized spacial score (nSPS) is 11.7. The predicted octanol–water partition coefficient (Wildman–Crippen LogP) is 4.30. The summed E-state index contributed by atoms with van der Waals surface area (Å²) in [6.07, 6.45) is -0.461. The number of halogens is 5. The van der Waals surface area contributed by atoms with Gasteiger partial charge < -0.3 is 10.1 Å². The number of pyridine rings is 1. The Morgan fingerprint density at radius 3 is 2.74 bits per heavy atom. The summed E-state index contributed by atoms with van der Waals surface area (Å²) in [6.45, 7) is 0.0214. The second-order valence-corrected chi connectivity index (χ2v) is 5.38. The van der Waals surface area contributed by atoms with Gasteiger partial charge in [0.1, 0.15) is 6.73 Å². The summed E-state index contributed by atoms with van der Waals surface area (Å²) in [5.41, 5.74) is 1.11. The summed E-state index contributed by atoms with van der Waals surface area (Å²) in [5.74, 6) is 0. The summed E-state index contributed by atoms with van der Waals surface area (Å²) in [4.78, 5) is 3.94. The van der Waals surface area contributed by atoms with E-state index in [4.69, 9.17) is 27.9 Å². The van der Waals surface area contributed by atoms with Crippen LogP contribution in [0.2, 0.25) is 10.2 Å². The molecule has 0 saturated heterocycles. The molecule has 126 valence electrons. The van der Waals surface area contributed by atoms with Gasteiger partial charge in [0, 0.05) is 19.2 Å². The van der Waals surface area contributed by atoms with E-state index in [0.717, 1.165) is 0 Å². The Balaban J connectivity index is 1.83. The third kappa shape index (κ3) is 5.89. The fraction of sp³-hybridized carbons (Fsp3) is 0.385. The number of anilines is 1. The Morgan fingerprint density at radius 2 is 2.04 bits per heavy atom. The molecule has 0 saturated carbocycles. The summed E-state index contributed by atoms with van der Waals surface area (Å²) in [7, 11) is 0. The van der Waals surface area contributed by atoms with Crippen LogP contribution in [0.25, 0.3) is 5.69 Å².